The van der Waals surface area contributed by atoms with Crippen LogP contribution < -0.4 is 10.6 Å². The Morgan fingerprint density at radius 2 is 1.94 bits per heavy atom. The van der Waals surface area contributed by atoms with E-state index in [2.05, 4.69) is 33.7 Å². The van der Waals surface area contributed by atoms with Gasteiger partial charge in [0.05, 0.1) is 24.3 Å². The Kier molecular flexibility index (Phi) is 2.56. The van der Waals surface area contributed by atoms with E-state index < -0.39 is 0 Å². The lowest BCUT2D eigenvalue weighted by Crippen LogP contribution is -2.66. The standard InChI is InChI=1S/C13H16N4O/c1-15-12(14)16-10-2-4-11(5-3-10)17-6-13(7-17)8-18-9-13/h2-5H,1,6-9H2,(H2,14,16). The maximum absolute atomic E-state index is 5.50. The molecule has 1 aromatic rings. The smallest absolute Gasteiger partial charge is 0.219 e. The summed E-state index contributed by atoms with van der Waals surface area (Å²) < 4.78 is 5.26. The van der Waals surface area contributed by atoms with Gasteiger partial charge in [0.15, 0.2) is 0 Å². The molecule has 0 aliphatic carbocycles. The van der Waals surface area contributed by atoms with E-state index >= 15 is 0 Å². The molecular formula is C13H16N4O. The molecule has 5 heteroatoms. The second-order valence-electron chi connectivity index (χ2n) is 4.99. The topological polar surface area (TPSA) is 63.2 Å². The number of ether oxygens (including phenoxy) is 1. The molecule has 3 rings (SSSR count). The summed E-state index contributed by atoms with van der Waals surface area (Å²) in [5.41, 5.74) is 7.95. The van der Waals surface area contributed by atoms with Crippen LogP contribution in [-0.4, -0.2) is 39.0 Å². The van der Waals surface area contributed by atoms with Gasteiger partial charge < -0.3 is 15.4 Å². The van der Waals surface area contributed by atoms with Gasteiger partial charge >= 0.3 is 0 Å². The summed E-state index contributed by atoms with van der Waals surface area (Å²) in [7, 11) is 0. The van der Waals surface area contributed by atoms with Gasteiger partial charge in [-0.15, -0.1) is 0 Å². The summed E-state index contributed by atoms with van der Waals surface area (Å²) in [6.07, 6.45) is 0. The van der Waals surface area contributed by atoms with Crippen molar-refractivity contribution in [2.45, 2.75) is 0 Å². The maximum Gasteiger partial charge on any atom is 0.219 e. The molecule has 0 atom stereocenters. The molecule has 2 heterocycles. The molecule has 2 fully saturated rings. The van der Waals surface area contributed by atoms with E-state index in [4.69, 9.17) is 10.5 Å². The van der Waals surface area contributed by atoms with Crippen LogP contribution in [0.4, 0.5) is 11.4 Å². The van der Waals surface area contributed by atoms with Crippen LogP contribution in [0.3, 0.4) is 0 Å². The molecular weight excluding hydrogens is 228 g/mol. The highest BCUT2D eigenvalue weighted by molar-refractivity contribution is 5.84. The van der Waals surface area contributed by atoms with Gasteiger partial charge in [0.25, 0.3) is 0 Å². The molecule has 1 aromatic carbocycles. The number of aliphatic imine (C=N–C) groups is 2. The van der Waals surface area contributed by atoms with Crippen LogP contribution >= 0.6 is 0 Å². The van der Waals surface area contributed by atoms with E-state index in [-0.39, 0.29) is 5.96 Å². The molecule has 0 bridgehead atoms. The highest BCUT2D eigenvalue weighted by atomic mass is 16.5. The predicted octanol–water partition coefficient (Wildman–Crippen LogP) is 1.17. The highest BCUT2D eigenvalue weighted by Gasteiger charge is 2.48. The van der Waals surface area contributed by atoms with Gasteiger partial charge in [0.1, 0.15) is 0 Å². The number of rotatable bonds is 2. The number of guanidine groups is 1. The van der Waals surface area contributed by atoms with Gasteiger partial charge in [-0.3, -0.25) is 0 Å². The van der Waals surface area contributed by atoms with E-state index in [0.717, 1.165) is 32.0 Å². The van der Waals surface area contributed by atoms with E-state index in [1.807, 2.05) is 12.1 Å². The Morgan fingerprint density at radius 3 is 2.44 bits per heavy atom. The molecule has 1 spiro atoms. The van der Waals surface area contributed by atoms with Gasteiger partial charge in [-0.25, -0.2) is 9.98 Å². The molecule has 2 saturated heterocycles. The zero-order valence-electron chi connectivity index (χ0n) is 10.2. The number of hydrogen-bond donors (Lipinski definition) is 1. The molecule has 0 amide bonds. The third-order valence-electron chi connectivity index (χ3n) is 3.49. The van der Waals surface area contributed by atoms with Gasteiger partial charge in [0.2, 0.25) is 5.96 Å². The largest absolute Gasteiger partial charge is 0.380 e. The lowest BCUT2D eigenvalue weighted by atomic mass is 9.78. The van der Waals surface area contributed by atoms with E-state index in [1.165, 1.54) is 5.69 Å². The Hall–Kier alpha value is -1.88. The zero-order valence-corrected chi connectivity index (χ0v) is 10.2. The first-order chi connectivity index (χ1) is 8.71. The molecule has 0 aromatic heterocycles. The third kappa shape index (κ3) is 1.86. The first kappa shape index (κ1) is 11.2. The molecule has 18 heavy (non-hydrogen) atoms. The van der Waals surface area contributed by atoms with Crippen LogP contribution in [0.15, 0.2) is 34.3 Å². The molecule has 2 aliphatic rings. The predicted molar refractivity (Wildman–Crippen MR) is 72.7 cm³/mol. The van der Waals surface area contributed by atoms with Crippen molar-refractivity contribution in [2.24, 2.45) is 21.1 Å². The van der Waals surface area contributed by atoms with Crippen molar-refractivity contribution in [1.29, 1.82) is 0 Å². The van der Waals surface area contributed by atoms with Crippen LogP contribution in [0, 0.1) is 5.41 Å². The van der Waals surface area contributed by atoms with Gasteiger partial charge in [-0.2, -0.15) is 0 Å². The zero-order chi connectivity index (χ0) is 12.6. The first-order valence-corrected chi connectivity index (χ1v) is 5.94. The van der Waals surface area contributed by atoms with Crippen LogP contribution in [0.1, 0.15) is 0 Å². The maximum atomic E-state index is 5.50. The van der Waals surface area contributed by atoms with Crippen molar-refractivity contribution in [3.8, 4) is 0 Å². The highest BCUT2D eigenvalue weighted by Crippen LogP contribution is 2.40. The van der Waals surface area contributed by atoms with E-state index in [0.29, 0.717) is 5.41 Å². The Labute approximate surface area is 106 Å². The van der Waals surface area contributed by atoms with Crippen molar-refractivity contribution in [3.63, 3.8) is 0 Å². The third-order valence-corrected chi connectivity index (χ3v) is 3.49. The van der Waals surface area contributed by atoms with Crippen molar-refractivity contribution >= 4 is 24.1 Å². The minimum absolute atomic E-state index is 0.192. The van der Waals surface area contributed by atoms with E-state index in [9.17, 15) is 0 Å². The molecule has 94 valence electrons. The number of anilines is 1. The SMILES string of the molecule is C=NC(N)=Nc1ccc(N2CC3(COC3)C2)cc1. The lowest BCUT2D eigenvalue weighted by Gasteiger charge is -2.56. The van der Waals surface area contributed by atoms with Crippen molar-refractivity contribution in [1.82, 2.24) is 0 Å². The Morgan fingerprint density at radius 1 is 1.28 bits per heavy atom. The second kappa shape index (κ2) is 4.10. The fourth-order valence-electron chi connectivity index (χ4n) is 2.42. The minimum atomic E-state index is 0.192. The number of hydrogen-bond acceptors (Lipinski definition) is 3. The van der Waals surface area contributed by atoms with Crippen LogP contribution in [-0.2, 0) is 4.74 Å². The molecule has 0 saturated carbocycles. The lowest BCUT2D eigenvalue weighted by molar-refractivity contribution is -0.127. The summed E-state index contributed by atoms with van der Waals surface area (Å²) in [5.74, 6) is 0.192. The fourth-order valence-corrected chi connectivity index (χ4v) is 2.42. The summed E-state index contributed by atoms with van der Waals surface area (Å²) in [6.45, 7) is 7.33. The first-order valence-electron chi connectivity index (χ1n) is 5.94. The molecule has 0 radical (unpaired) electrons. The summed E-state index contributed by atoms with van der Waals surface area (Å²) in [4.78, 5) is 10.0. The van der Waals surface area contributed by atoms with Crippen molar-refractivity contribution < 1.29 is 4.74 Å². The second-order valence-corrected chi connectivity index (χ2v) is 4.99. The number of nitrogens with zero attached hydrogens (tertiary/aromatic N) is 3. The normalized spacial score (nSPS) is 21.3. The quantitative estimate of drug-likeness (QED) is 0.627. The van der Waals surface area contributed by atoms with Gasteiger partial charge in [0, 0.05) is 18.8 Å². The molecule has 0 unspecified atom stereocenters. The minimum Gasteiger partial charge on any atom is -0.380 e. The average Bonchev–Trinajstić information content (AvgIpc) is 2.27. The van der Waals surface area contributed by atoms with Crippen molar-refractivity contribution in [3.05, 3.63) is 24.3 Å². The van der Waals surface area contributed by atoms with Gasteiger partial charge in [-0.1, -0.05) is 0 Å². The van der Waals surface area contributed by atoms with Gasteiger partial charge in [-0.05, 0) is 31.0 Å². The van der Waals surface area contributed by atoms with Crippen molar-refractivity contribution in [2.75, 3.05) is 31.2 Å². The monoisotopic (exact) mass is 244 g/mol. The summed E-state index contributed by atoms with van der Waals surface area (Å²) >= 11 is 0. The summed E-state index contributed by atoms with van der Waals surface area (Å²) in [6, 6.07) is 7.99. The molecule has 2 aliphatic heterocycles. The fraction of sp³-hybridized carbons (Fsp3) is 0.385. The summed E-state index contributed by atoms with van der Waals surface area (Å²) in [5, 5.41) is 0. The van der Waals surface area contributed by atoms with E-state index in [1.54, 1.807) is 0 Å². The Balaban J connectivity index is 1.67. The molecule has 5 nitrogen and oxygen atoms in total. The van der Waals surface area contributed by atoms with Crippen LogP contribution in [0.25, 0.3) is 0 Å². The molecule has 2 N–H and O–H groups in total. The number of benzene rings is 1. The average molecular weight is 244 g/mol. The van der Waals surface area contributed by atoms with Crippen LogP contribution in [0.5, 0.6) is 0 Å². The van der Waals surface area contributed by atoms with Crippen LogP contribution in [0.2, 0.25) is 0 Å². The number of nitrogens with two attached hydrogens (primary N) is 1. The Bertz CT molecular complexity index is 482.